The maximum absolute atomic E-state index is 13.4. The third-order valence-electron chi connectivity index (χ3n) is 7.43. The standard InChI is InChI=1S/C28H33F2N3O4/c1-18-17-32-24-4-3-22(37-2)16-23(24)26(18)25(34)5-6-28(27(35)36)7-10-33(11-8-28)12-9-31-21-14-19(29)13-20(30)15-21/h3-4,13-17,25,31,34H,5-12H2,1-2H3,(H,35,36)/t25-/m0/s1. The van der Waals surface area contributed by atoms with Crippen LogP contribution in [0.25, 0.3) is 10.9 Å². The molecule has 1 saturated heterocycles. The molecular formula is C28H33F2N3O4. The molecule has 0 saturated carbocycles. The summed E-state index contributed by atoms with van der Waals surface area (Å²) < 4.78 is 32.1. The highest BCUT2D eigenvalue weighted by Gasteiger charge is 2.41. The fourth-order valence-electron chi connectivity index (χ4n) is 5.21. The van der Waals surface area contributed by atoms with Gasteiger partial charge in [-0.2, -0.15) is 0 Å². The first-order valence-electron chi connectivity index (χ1n) is 12.5. The molecule has 0 unspecified atom stereocenters. The van der Waals surface area contributed by atoms with Crippen molar-refractivity contribution in [2.75, 3.05) is 38.6 Å². The number of hydrogen-bond donors (Lipinski definition) is 3. The summed E-state index contributed by atoms with van der Waals surface area (Å²) in [7, 11) is 1.58. The number of aliphatic hydroxyl groups is 1. The predicted molar refractivity (Wildman–Crippen MR) is 138 cm³/mol. The van der Waals surface area contributed by atoms with E-state index < -0.39 is 29.1 Å². The number of benzene rings is 2. The number of carbonyl (C=O) groups is 1. The number of carboxylic acid groups (broad SMARTS) is 1. The summed E-state index contributed by atoms with van der Waals surface area (Å²) in [4.78, 5) is 18.9. The third kappa shape index (κ3) is 6.17. The van der Waals surface area contributed by atoms with E-state index in [0.717, 1.165) is 28.1 Å². The van der Waals surface area contributed by atoms with Crippen molar-refractivity contribution in [3.8, 4) is 5.75 Å². The molecule has 2 heterocycles. The summed E-state index contributed by atoms with van der Waals surface area (Å²) in [6, 6.07) is 8.82. The Morgan fingerprint density at radius 2 is 1.89 bits per heavy atom. The van der Waals surface area contributed by atoms with E-state index in [9.17, 15) is 23.8 Å². The van der Waals surface area contributed by atoms with Crippen molar-refractivity contribution < 1.29 is 28.5 Å². The number of nitrogens with one attached hydrogen (secondary N) is 1. The van der Waals surface area contributed by atoms with Crippen LogP contribution < -0.4 is 10.1 Å². The van der Waals surface area contributed by atoms with Crippen LogP contribution in [0.15, 0.2) is 42.6 Å². The second kappa shape index (κ2) is 11.4. The molecule has 0 amide bonds. The molecule has 0 aliphatic carbocycles. The summed E-state index contributed by atoms with van der Waals surface area (Å²) in [5, 5.41) is 25.1. The van der Waals surface area contributed by atoms with E-state index in [1.165, 1.54) is 12.1 Å². The van der Waals surface area contributed by atoms with Gasteiger partial charge in [0.15, 0.2) is 0 Å². The highest BCUT2D eigenvalue weighted by Crippen LogP contribution is 2.40. The monoisotopic (exact) mass is 513 g/mol. The number of hydrogen-bond acceptors (Lipinski definition) is 6. The lowest BCUT2D eigenvalue weighted by molar-refractivity contribution is -0.153. The number of carboxylic acids is 1. The lowest BCUT2D eigenvalue weighted by Gasteiger charge is -2.39. The highest BCUT2D eigenvalue weighted by atomic mass is 19.1. The number of methoxy groups -OCH3 is 1. The van der Waals surface area contributed by atoms with Gasteiger partial charge in [-0.25, -0.2) is 8.78 Å². The Hall–Kier alpha value is -3.30. The molecule has 1 aliphatic rings. The molecule has 37 heavy (non-hydrogen) atoms. The Morgan fingerprint density at radius 3 is 2.54 bits per heavy atom. The van der Waals surface area contributed by atoms with Crippen LogP contribution in [-0.4, -0.2) is 59.4 Å². The largest absolute Gasteiger partial charge is 0.497 e. The van der Waals surface area contributed by atoms with Gasteiger partial charge in [0.2, 0.25) is 0 Å². The van der Waals surface area contributed by atoms with E-state index >= 15 is 0 Å². The number of aliphatic hydroxyl groups excluding tert-OH is 1. The molecule has 1 atom stereocenters. The van der Waals surface area contributed by atoms with Gasteiger partial charge in [0, 0.05) is 36.4 Å². The van der Waals surface area contributed by atoms with Gasteiger partial charge in [-0.3, -0.25) is 9.78 Å². The molecule has 1 fully saturated rings. The SMILES string of the molecule is COc1ccc2ncc(C)c([C@@H](O)CCC3(C(=O)O)CCN(CCNc4cc(F)cc(F)c4)CC3)c2c1. The molecule has 1 aromatic heterocycles. The van der Waals surface area contributed by atoms with Gasteiger partial charge < -0.3 is 25.2 Å². The summed E-state index contributed by atoms with van der Waals surface area (Å²) in [5.74, 6) is -1.45. The molecule has 0 bridgehead atoms. The van der Waals surface area contributed by atoms with E-state index in [2.05, 4.69) is 15.2 Å². The smallest absolute Gasteiger partial charge is 0.309 e. The number of halogens is 2. The number of aryl methyl sites for hydroxylation is 1. The maximum atomic E-state index is 13.4. The summed E-state index contributed by atoms with van der Waals surface area (Å²) in [6.07, 6.45) is 2.50. The Morgan fingerprint density at radius 1 is 1.19 bits per heavy atom. The van der Waals surface area contributed by atoms with E-state index in [1.54, 1.807) is 13.3 Å². The van der Waals surface area contributed by atoms with Crippen LogP contribution in [0.3, 0.4) is 0 Å². The highest BCUT2D eigenvalue weighted by molar-refractivity contribution is 5.85. The lowest BCUT2D eigenvalue weighted by atomic mass is 9.74. The van der Waals surface area contributed by atoms with E-state index in [0.29, 0.717) is 63.3 Å². The fraction of sp³-hybridized carbons (Fsp3) is 0.429. The zero-order chi connectivity index (χ0) is 26.6. The number of fused-ring (bicyclic) bond motifs is 1. The average molecular weight is 514 g/mol. The number of aliphatic carboxylic acids is 1. The molecule has 1 aliphatic heterocycles. The van der Waals surface area contributed by atoms with Crippen molar-refractivity contribution in [3.05, 3.63) is 65.4 Å². The Bertz CT molecular complexity index is 1240. The molecule has 3 N–H and O–H groups in total. The number of aromatic nitrogens is 1. The minimum absolute atomic E-state index is 0.316. The van der Waals surface area contributed by atoms with Gasteiger partial charge in [-0.05, 0) is 87.2 Å². The molecule has 0 spiro atoms. The van der Waals surface area contributed by atoms with Crippen LogP contribution in [0.1, 0.15) is 42.9 Å². The number of nitrogens with zero attached hydrogens (tertiary/aromatic N) is 2. The normalized spacial score (nSPS) is 16.5. The van der Waals surface area contributed by atoms with Crippen LogP contribution in [0.2, 0.25) is 0 Å². The number of piperidine rings is 1. The topological polar surface area (TPSA) is 94.9 Å². The predicted octanol–water partition coefficient (Wildman–Crippen LogP) is 4.92. The summed E-state index contributed by atoms with van der Waals surface area (Å²) in [5.41, 5.74) is 1.81. The first-order chi connectivity index (χ1) is 17.7. The first-order valence-corrected chi connectivity index (χ1v) is 12.5. The van der Waals surface area contributed by atoms with Gasteiger partial charge in [-0.15, -0.1) is 0 Å². The Labute approximate surface area is 215 Å². The summed E-state index contributed by atoms with van der Waals surface area (Å²) in [6.45, 7) is 4.19. The quantitative estimate of drug-likeness (QED) is 0.354. The van der Waals surface area contributed by atoms with Crippen molar-refractivity contribution in [2.24, 2.45) is 5.41 Å². The van der Waals surface area contributed by atoms with Gasteiger partial charge in [0.1, 0.15) is 17.4 Å². The zero-order valence-corrected chi connectivity index (χ0v) is 21.1. The van der Waals surface area contributed by atoms with E-state index in [-0.39, 0.29) is 0 Å². The van der Waals surface area contributed by atoms with Crippen molar-refractivity contribution >= 4 is 22.6 Å². The van der Waals surface area contributed by atoms with E-state index in [4.69, 9.17) is 4.74 Å². The van der Waals surface area contributed by atoms with Crippen LogP contribution in [0, 0.1) is 24.0 Å². The molecule has 9 heteroatoms. The zero-order valence-electron chi connectivity index (χ0n) is 21.1. The molecule has 2 aromatic carbocycles. The number of likely N-dealkylation sites (tertiary alicyclic amines) is 1. The molecular weight excluding hydrogens is 480 g/mol. The van der Waals surface area contributed by atoms with Crippen molar-refractivity contribution in [1.29, 1.82) is 0 Å². The molecule has 198 valence electrons. The van der Waals surface area contributed by atoms with Gasteiger partial charge in [0.05, 0.1) is 24.1 Å². The van der Waals surface area contributed by atoms with Crippen molar-refractivity contribution in [3.63, 3.8) is 0 Å². The van der Waals surface area contributed by atoms with Gasteiger partial charge in [-0.1, -0.05) is 0 Å². The van der Waals surface area contributed by atoms with Crippen molar-refractivity contribution in [2.45, 2.75) is 38.7 Å². The first kappa shape index (κ1) is 26.8. The number of rotatable bonds is 10. The molecule has 0 radical (unpaired) electrons. The average Bonchev–Trinajstić information content (AvgIpc) is 2.87. The maximum Gasteiger partial charge on any atom is 0.309 e. The van der Waals surface area contributed by atoms with E-state index in [1.807, 2.05) is 25.1 Å². The number of ether oxygens (including phenoxy) is 1. The fourth-order valence-corrected chi connectivity index (χ4v) is 5.21. The minimum Gasteiger partial charge on any atom is -0.497 e. The minimum atomic E-state index is -0.912. The number of anilines is 1. The second-order valence-corrected chi connectivity index (χ2v) is 9.80. The third-order valence-corrected chi connectivity index (χ3v) is 7.43. The molecule has 4 rings (SSSR count). The van der Waals surface area contributed by atoms with Crippen LogP contribution in [0.5, 0.6) is 5.75 Å². The van der Waals surface area contributed by atoms with Crippen LogP contribution >= 0.6 is 0 Å². The Kier molecular flexibility index (Phi) is 8.24. The van der Waals surface area contributed by atoms with Gasteiger partial charge >= 0.3 is 5.97 Å². The second-order valence-electron chi connectivity index (χ2n) is 9.80. The van der Waals surface area contributed by atoms with Crippen LogP contribution in [-0.2, 0) is 4.79 Å². The van der Waals surface area contributed by atoms with Crippen LogP contribution in [0.4, 0.5) is 14.5 Å². The Balaban J connectivity index is 1.37. The number of pyridine rings is 1. The molecule has 3 aromatic rings. The lowest BCUT2D eigenvalue weighted by Crippen LogP contribution is -2.45. The van der Waals surface area contributed by atoms with Gasteiger partial charge in [0.25, 0.3) is 0 Å². The summed E-state index contributed by atoms with van der Waals surface area (Å²) >= 11 is 0. The molecule has 7 nitrogen and oxygen atoms in total. The van der Waals surface area contributed by atoms with Crippen molar-refractivity contribution in [1.82, 2.24) is 9.88 Å².